The van der Waals surface area contributed by atoms with Crippen LogP contribution in [-0.4, -0.2) is 24.1 Å². The Morgan fingerprint density at radius 3 is 2.58 bits per heavy atom. The van der Waals surface area contributed by atoms with E-state index in [0.717, 1.165) is 0 Å². The van der Waals surface area contributed by atoms with Crippen LogP contribution in [0.25, 0.3) is 0 Å². The minimum atomic E-state index is -3.80. The molecule has 1 amide bonds. The standard InChI is InChI=1S/C15H17N5O3S/c1-11-10-15(20(18-11)9-3-8-16)19-24(22,23)14-6-4-13(5-7-14)17-12(2)21/h4-7,10,19H,3,9H2,1-2H3,(H,17,21). The lowest BCUT2D eigenvalue weighted by atomic mass is 10.3. The number of benzene rings is 1. The van der Waals surface area contributed by atoms with E-state index >= 15 is 0 Å². The first-order chi connectivity index (χ1) is 11.3. The molecule has 2 aromatic rings. The molecular formula is C15H17N5O3S. The molecule has 0 radical (unpaired) electrons. The van der Waals surface area contributed by atoms with E-state index in [1.807, 2.05) is 6.07 Å². The number of nitrogens with one attached hydrogen (secondary N) is 2. The third kappa shape index (κ3) is 4.33. The van der Waals surface area contributed by atoms with Crippen LogP contribution in [0, 0.1) is 18.3 Å². The molecule has 0 atom stereocenters. The fourth-order valence-corrected chi connectivity index (χ4v) is 3.12. The van der Waals surface area contributed by atoms with Gasteiger partial charge in [0.2, 0.25) is 5.91 Å². The molecule has 0 saturated heterocycles. The van der Waals surface area contributed by atoms with Crippen molar-refractivity contribution < 1.29 is 13.2 Å². The van der Waals surface area contributed by atoms with Gasteiger partial charge >= 0.3 is 0 Å². The number of sulfonamides is 1. The number of nitrogens with zero attached hydrogens (tertiary/aromatic N) is 3. The average Bonchev–Trinajstić information content (AvgIpc) is 2.84. The topological polar surface area (TPSA) is 117 Å². The lowest BCUT2D eigenvalue weighted by molar-refractivity contribution is -0.114. The summed E-state index contributed by atoms with van der Waals surface area (Å²) in [5, 5.41) is 15.4. The largest absolute Gasteiger partial charge is 0.326 e. The van der Waals surface area contributed by atoms with Gasteiger partial charge in [-0.3, -0.25) is 9.52 Å². The summed E-state index contributed by atoms with van der Waals surface area (Å²) in [4.78, 5) is 11.0. The molecular weight excluding hydrogens is 330 g/mol. The summed E-state index contributed by atoms with van der Waals surface area (Å²) in [6, 6.07) is 9.41. The van der Waals surface area contributed by atoms with Crippen molar-refractivity contribution in [1.82, 2.24) is 9.78 Å². The quantitative estimate of drug-likeness (QED) is 0.827. The average molecular weight is 347 g/mol. The highest BCUT2D eigenvalue weighted by atomic mass is 32.2. The van der Waals surface area contributed by atoms with Crippen LogP contribution in [0.2, 0.25) is 0 Å². The fraction of sp³-hybridized carbons (Fsp3) is 0.267. The molecule has 126 valence electrons. The Kier molecular flexibility index (Phi) is 5.21. The van der Waals surface area contributed by atoms with Gasteiger partial charge in [0.25, 0.3) is 10.0 Å². The predicted molar refractivity (Wildman–Crippen MR) is 88.7 cm³/mol. The Balaban J connectivity index is 2.22. The van der Waals surface area contributed by atoms with Crippen molar-refractivity contribution in [3.63, 3.8) is 0 Å². The summed E-state index contributed by atoms with van der Waals surface area (Å²) in [6.07, 6.45) is 0.223. The molecule has 0 aliphatic carbocycles. The van der Waals surface area contributed by atoms with Gasteiger partial charge in [0, 0.05) is 18.7 Å². The third-order valence-corrected chi connectivity index (χ3v) is 4.43. The molecule has 1 aromatic heterocycles. The number of aryl methyl sites for hydroxylation is 2. The molecule has 0 aliphatic heterocycles. The Hall–Kier alpha value is -2.86. The number of aromatic nitrogens is 2. The van der Waals surface area contributed by atoms with E-state index in [9.17, 15) is 13.2 Å². The maximum atomic E-state index is 12.5. The van der Waals surface area contributed by atoms with Gasteiger partial charge in [0.1, 0.15) is 5.82 Å². The van der Waals surface area contributed by atoms with E-state index in [1.165, 1.54) is 35.9 Å². The molecule has 2 rings (SSSR count). The number of carbonyl (C=O) groups is 1. The number of rotatable bonds is 6. The van der Waals surface area contributed by atoms with Crippen LogP contribution in [-0.2, 0) is 21.4 Å². The van der Waals surface area contributed by atoms with Gasteiger partial charge in [0.05, 0.1) is 29.6 Å². The second-order valence-corrected chi connectivity index (χ2v) is 6.80. The van der Waals surface area contributed by atoms with Gasteiger partial charge in [-0.05, 0) is 31.2 Å². The smallest absolute Gasteiger partial charge is 0.263 e. The van der Waals surface area contributed by atoms with Crippen LogP contribution in [0.5, 0.6) is 0 Å². The molecule has 9 heteroatoms. The summed E-state index contributed by atoms with van der Waals surface area (Å²) in [5.74, 6) is 0.0642. The molecule has 1 heterocycles. The van der Waals surface area contributed by atoms with Crippen LogP contribution in [0.1, 0.15) is 19.0 Å². The Bertz CT molecular complexity index is 879. The predicted octanol–water partition coefficient (Wildman–Crippen LogP) is 1.86. The molecule has 0 spiro atoms. The molecule has 0 saturated carbocycles. The molecule has 8 nitrogen and oxygen atoms in total. The highest BCUT2D eigenvalue weighted by molar-refractivity contribution is 7.92. The highest BCUT2D eigenvalue weighted by Gasteiger charge is 2.17. The van der Waals surface area contributed by atoms with Crippen LogP contribution in [0.4, 0.5) is 11.5 Å². The van der Waals surface area contributed by atoms with E-state index in [1.54, 1.807) is 13.0 Å². The zero-order valence-corrected chi connectivity index (χ0v) is 14.1. The van der Waals surface area contributed by atoms with Gasteiger partial charge in [-0.15, -0.1) is 0 Å². The molecule has 24 heavy (non-hydrogen) atoms. The van der Waals surface area contributed by atoms with E-state index < -0.39 is 10.0 Å². The van der Waals surface area contributed by atoms with Crippen molar-refractivity contribution in [1.29, 1.82) is 5.26 Å². The Morgan fingerprint density at radius 2 is 2.00 bits per heavy atom. The first-order valence-corrected chi connectivity index (χ1v) is 8.62. The molecule has 0 aliphatic rings. The van der Waals surface area contributed by atoms with Crippen LogP contribution in [0.3, 0.4) is 0 Å². The molecule has 0 unspecified atom stereocenters. The van der Waals surface area contributed by atoms with Crippen molar-refractivity contribution in [3.05, 3.63) is 36.0 Å². The lowest BCUT2D eigenvalue weighted by Gasteiger charge is -2.10. The van der Waals surface area contributed by atoms with Gasteiger partial charge in [-0.1, -0.05) is 0 Å². The zero-order valence-electron chi connectivity index (χ0n) is 13.3. The Morgan fingerprint density at radius 1 is 1.33 bits per heavy atom. The van der Waals surface area contributed by atoms with Crippen molar-refractivity contribution in [3.8, 4) is 6.07 Å². The lowest BCUT2D eigenvalue weighted by Crippen LogP contribution is -2.16. The number of hydrogen-bond acceptors (Lipinski definition) is 5. The summed E-state index contributed by atoms with van der Waals surface area (Å²) in [7, 11) is -3.80. The van der Waals surface area contributed by atoms with Gasteiger partial charge in [-0.25, -0.2) is 13.1 Å². The van der Waals surface area contributed by atoms with Crippen LogP contribution < -0.4 is 10.0 Å². The van der Waals surface area contributed by atoms with Crippen molar-refractivity contribution >= 4 is 27.4 Å². The van der Waals surface area contributed by atoms with Crippen molar-refractivity contribution in [2.75, 3.05) is 10.0 Å². The van der Waals surface area contributed by atoms with E-state index in [4.69, 9.17) is 5.26 Å². The minimum absolute atomic E-state index is 0.0577. The maximum absolute atomic E-state index is 12.5. The first-order valence-electron chi connectivity index (χ1n) is 7.14. The summed E-state index contributed by atoms with van der Waals surface area (Å²) >= 11 is 0. The van der Waals surface area contributed by atoms with E-state index in [-0.39, 0.29) is 17.2 Å². The SMILES string of the molecule is CC(=O)Nc1ccc(S(=O)(=O)Nc2cc(C)nn2CCC#N)cc1. The van der Waals surface area contributed by atoms with Crippen LogP contribution in [0.15, 0.2) is 35.2 Å². The molecule has 2 N–H and O–H groups in total. The second kappa shape index (κ2) is 7.14. The fourth-order valence-electron chi connectivity index (χ4n) is 2.07. The van der Waals surface area contributed by atoms with Gasteiger partial charge in [-0.2, -0.15) is 10.4 Å². The normalized spacial score (nSPS) is 10.9. The number of anilines is 2. The molecule has 1 aromatic carbocycles. The minimum Gasteiger partial charge on any atom is -0.326 e. The summed E-state index contributed by atoms with van der Waals surface area (Å²) < 4.78 is 28.8. The Labute approximate surface area is 140 Å². The number of carbonyl (C=O) groups excluding carboxylic acids is 1. The summed E-state index contributed by atoms with van der Waals surface area (Å²) in [6.45, 7) is 3.41. The van der Waals surface area contributed by atoms with Crippen molar-refractivity contribution in [2.45, 2.75) is 31.7 Å². The zero-order chi connectivity index (χ0) is 17.7. The monoisotopic (exact) mass is 347 g/mol. The van der Waals surface area contributed by atoms with E-state index in [2.05, 4.69) is 15.1 Å². The first kappa shape index (κ1) is 17.5. The van der Waals surface area contributed by atoms with Crippen LogP contribution >= 0.6 is 0 Å². The van der Waals surface area contributed by atoms with Crippen molar-refractivity contribution in [2.24, 2.45) is 0 Å². The van der Waals surface area contributed by atoms with E-state index in [0.29, 0.717) is 23.7 Å². The number of nitriles is 1. The highest BCUT2D eigenvalue weighted by Crippen LogP contribution is 2.19. The molecule has 0 fully saturated rings. The van der Waals surface area contributed by atoms with Gasteiger partial charge in [0.15, 0.2) is 0 Å². The second-order valence-electron chi connectivity index (χ2n) is 5.11. The molecule has 0 bridgehead atoms. The number of amides is 1. The summed E-state index contributed by atoms with van der Waals surface area (Å²) in [5.41, 5.74) is 1.16. The third-order valence-electron chi connectivity index (χ3n) is 3.06. The van der Waals surface area contributed by atoms with Gasteiger partial charge < -0.3 is 5.32 Å². The number of hydrogen-bond donors (Lipinski definition) is 2. The maximum Gasteiger partial charge on any atom is 0.263 e.